The molecular formula is C41H68O8. The normalized spacial score (nSPS) is 50.7. The third kappa shape index (κ3) is 5.21. The first-order valence-corrected chi connectivity index (χ1v) is 19.5. The van der Waals surface area contributed by atoms with E-state index in [4.69, 9.17) is 9.47 Å². The van der Waals surface area contributed by atoms with Crippen LogP contribution in [0, 0.1) is 56.2 Å². The third-order valence-corrected chi connectivity index (χ3v) is 17.2. The molecule has 6 aliphatic rings. The Kier molecular flexibility index (Phi) is 9.23. The Morgan fingerprint density at radius 3 is 2.24 bits per heavy atom. The highest BCUT2D eigenvalue weighted by Gasteiger charge is 2.70. The van der Waals surface area contributed by atoms with Crippen LogP contribution in [-0.4, -0.2) is 80.8 Å². The maximum absolute atomic E-state index is 13.0. The van der Waals surface area contributed by atoms with Crippen molar-refractivity contribution in [1.82, 2.24) is 0 Å². The van der Waals surface area contributed by atoms with E-state index in [1.54, 1.807) is 6.92 Å². The monoisotopic (exact) mass is 688 g/mol. The number of hydrogen-bond donors (Lipinski definition) is 5. The minimum Gasteiger partial charge on any atom is -0.481 e. The Balaban J connectivity index is 1.30. The number of ether oxygens (including phenoxy) is 2. The van der Waals surface area contributed by atoms with Gasteiger partial charge in [-0.3, -0.25) is 4.79 Å². The summed E-state index contributed by atoms with van der Waals surface area (Å²) in [4.78, 5) is 13.0. The number of aliphatic hydroxyl groups is 4. The largest absolute Gasteiger partial charge is 0.481 e. The molecule has 0 aromatic heterocycles. The maximum Gasteiger partial charge on any atom is 0.310 e. The summed E-state index contributed by atoms with van der Waals surface area (Å²) in [6.45, 7) is 20.2. The fourth-order valence-corrected chi connectivity index (χ4v) is 13.6. The smallest absolute Gasteiger partial charge is 0.310 e. The summed E-state index contributed by atoms with van der Waals surface area (Å²) in [5, 5.41) is 56.5. The van der Waals surface area contributed by atoms with E-state index in [0.29, 0.717) is 18.3 Å². The fraction of sp³-hybridized carbons (Fsp3) is 0.927. The molecule has 1 saturated heterocycles. The highest BCUT2D eigenvalue weighted by Crippen LogP contribution is 2.76. The van der Waals surface area contributed by atoms with Crippen LogP contribution in [0.1, 0.15) is 133 Å². The highest BCUT2D eigenvalue weighted by molar-refractivity contribution is 5.76. The fourth-order valence-electron chi connectivity index (χ4n) is 13.6. The van der Waals surface area contributed by atoms with E-state index in [1.807, 2.05) is 6.92 Å². The van der Waals surface area contributed by atoms with Crippen LogP contribution in [0.4, 0.5) is 0 Å². The minimum atomic E-state index is -1.35. The first-order valence-electron chi connectivity index (χ1n) is 19.5. The van der Waals surface area contributed by atoms with Crippen LogP contribution >= 0.6 is 0 Å². The number of aliphatic carboxylic acids is 1. The standard InChI is InChI=1S/C41H68O8/c1-11-40(9,47)33-32(48-10)30(44)29(43)31(49-33)28(42)24-14-16-37(6)26(36(24,4)5)15-17-39(8)27(37)13-12-23-25-22-35(2,3)18-20-41(25,34(45)46)21-19-38(23,39)7/h12,24-33,42-44,47H,11,13-22H2,1-10H3,(H,45,46)/t24-,25?,26?,27?,28?,29?,30?,31-,32+,33?,37-,38+,39+,40?,41-/m0/s1. The van der Waals surface area contributed by atoms with Crippen LogP contribution in [0.5, 0.6) is 0 Å². The molecule has 280 valence electrons. The molecule has 8 heteroatoms. The second-order valence-corrected chi connectivity index (χ2v) is 20.0. The van der Waals surface area contributed by atoms with Crippen LogP contribution in [0.15, 0.2) is 11.6 Å². The molecule has 0 spiro atoms. The van der Waals surface area contributed by atoms with Crippen LogP contribution in [0.25, 0.3) is 0 Å². The molecule has 1 aliphatic heterocycles. The molecule has 4 saturated carbocycles. The molecule has 0 aromatic rings. The lowest BCUT2D eigenvalue weighted by Crippen LogP contribution is -2.68. The number of carboxylic acid groups (broad SMARTS) is 1. The Labute approximate surface area is 295 Å². The van der Waals surface area contributed by atoms with Gasteiger partial charge in [-0.1, -0.05) is 67.0 Å². The van der Waals surface area contributed by atoms with Crippen molar-refractivity contribution in [2.75, 3.05) is 7.11 Å². The lowest BCUT2D eigenvalue weighted by atomic mass is 9.33. The highest BCUT2D eigenvalue weighted by atomic mass is 16.6. The van der Waals surface area contributed by atoms with E-state index >= 15 is 0 Å². The van der Waals surface area contributed by atoms with E-state index in [0.717, 1.165) is 64.2 Å². The molecule has 1 heterocycles. The molecular weight excluding hydrogens is 620 g/mol. The van der Waals surface area contributed by atoms with Gasteiger partial charge in [-0.05, 0) is 128 Å². The number of rotatable bonds is 6. The van der Waals surface area contributed by atoms with Crippen molar-refractivity contribution in [2.45, 2.75) is 175 Å². The molecule has 0 amide bonds. The summed E-state index contributed by atoms with van der Waals surface area (Å²) in [5.41, 5.74) is -0.667. The third-order valence-electron chi connectivity index (χ3n) is 17.2. The first kappa shape index (κ1) is 37.7. The molecule has 0 aromatic carbocycles. The van der Waals surface area contributed by atoms with Gasteiger partial charge in [0.15, 0.2) is 0 Å². The molecule has 5 fully saturated rings. The van der Waals surface area contributed by atoms with Crippen LogP contribution in [0.2, 0.25) is 0 Å². The summed E-state index contributed by atoms with van der Waals surface area (Å²) < 4.78 is 11.9. The topological polar surface area (TPSA) is 137 Å². The molecule has 8 nitrogen and oxygen atoms in total. The average molecular weight is 689 g/mol. The van der Waals surface area contributed by atoms with Gasteiger partial charge in [0.1, 0.15) is 30.5 Å². The Hall–Kier alpha value is -1.03. The quantitative estimate of drug-likeness (QED) is 0.199. The Morgan fingerprint density at radius 1 is 0.980 bits per heavy atom. The average Bonchev–Trinajstić information content (AvgIpc) is 3.01. The lowest BCUT2D eigenvalue weighted by Gasteiger charge is -2.71. The van der Waals surface area contributed by atoms with E-state index < -0.39 is 53.6 Å². The number of hydrogen-bond acceptors (Lipinski definition) is 7. The van der Waals surface area contributed by atoms with Gasteiger partial charge in [0, 0.05) is 7.11 Å². The zero-order valence-electron chi connectivity index (χ0n) is 32.1. The molecule has 0 bridgehead atoms. The number of fused-ring (bicyclic) bond motifs is 7. The lowest BCUT2D eigenvalue weighted by molar-refractivity contribution is -0.294. The number of carboxylic acids is 1. The van der Waals surface area contributed by atoms with Crippen molar-refractivity contribution in [3.63, 3.8) is 0 Å². The van der Waals surface area contributed by atoms with Gasteiger partial charge in [0.2, 0.25) is 0 Å². The van der Waals surface area contributed by atoms with Gasteiger partial charge < -0.3 is 35.0 Å². The second-order valence-electron chi connectivity index (χ2n) is 20.0. The van der Waals surface area contributed by atoms with Crippen LogP contribution in [-0.2, 0) is 14.3 Å². The van der Waals surface area contributed by atoms with Gasteiger partial charge in [0.25, 0.3) is 0 Å². The molecule has 5 aliphatic carbocycles. The van der Waals surface area contributed by atoms with E-state index in [1.165, 1.54) is 12.7 Å². The maximum atomic E-state index is 13.0. The van der Waals surface area contributed by atoms with Crippen LogP contribution < -0.4 is 0 Å². The summed E-state index contributed by atoms with van der Waals surface area (Å²) in [6, 6.07) is 0. The predicted octanol–water partition coefficient (Wildman–Crippen LogP) is 6.52. The van der Waals surface area contributed by atoms with Crippen molar-refractivity contribution in [2.24, 2.45) is 56.2 Å². The summed E-state index contributed by atoms with van der Waals surface area (Å²) in [7, 11) is 1.44. The number of aliphatic hydroxyl groups excluding tert-OH is 3. The first-order chi connectivity index (χ1) is 22.6. The van der Waals surface area contributed by atoms with E-state index in [9.17, 15) is 30.3 Å². The minimum absolute atomic E-state index is 0.0199. The van der Waals surface area contributed by atoms with Gasteiger partial charge in [0.05, 0.1) is 17.1 Å². The zero-order valence-corrected chi connectivity index (χ0v) is 32.1. The second kappa shape index (κ2) is 12.0. The van der Waals surface area contributed by atoms with Crippen molar-refractivity contribution in [3.8, 4) is 0 Å². The van der Waals surface area contributed by atoms with Crippen LogP contribution in [0.3, 0.4) is 0 Å². The molecule has 15 atom stereocenters. The molecule has 5 N–H and O–H groups in total. The number of carbonyl (C=O) groups is 1. The van der Waals surface area contributed by atoms with Gasteiger partial charge >= 0.3 is 5.97 Å². The molecule has 6 rings (SSSR count). The Morgan fingerprint density at radius 2 is 1.63 bits per heavy atom. The van der Waals surface area contributed by atoms with E-state index in [-0.39, 0.29) is 38.9 Å². The summed E-state index contributed by atoms with van der Waals surface area (Å²) >= 11 is 0. The van der Waals surface area contributed by atoms with E-state index in [2.05, 4.69) is 54.5 Å². The van der Waals surface area contributed by atoms with Crippen molar-refractivity contribution >= 4 is 5.97 Å². The number of allylic oxidation sites excluding steroid dienone is 2. The van der Waals surface area contributed by atoms with Gasteiger partial charge in [-0.15, -0.1) is 0 Å². The molecule has 0 radical (unpaired) electrons. The van der Waals surface area contributed by atoms with Gasteiger partial charge in [-0.2, -0.15) is 0 Å². The number of methoxy groups -OCH3 is 1. The molecule has 49 heavy (non-hydrogen) atoms. The zero-order chi connectivity index (χ0) is 36.3. The SMILES string of the molecule is CCC(C)(O)C1O[C@@H](C(O)[C@@H]2CC[C@@]3(C)C(CC[C@]4(C)C3CC=C3C5CC(C)(C)CC[C@]5(C(=O)O)CC[C@]34C)C2(C)C)C(O)C(O)[C@H]1OC. The summed E-state index contributed by atoms with van der Waals surface area (Å²) in [5.74, 6) is 0.0783. The predicted molar refractivity (Wildman–Crippen MR) is 189 cm³/mol. The Bertz CT molecular complexity index is 1320. The van der Waals surface area contributed by atoms with Crippen molar-refractivity contribution in [3.05, 3.63) is 11.6 Å². The van der Waals surface area contributed by atoms with Gasteiger partial charge in [-0.25, -0.2) is 0 Å². The van der Waals surface area contributed by atoms with Crippen molar-refractivity contribution in [1.29, 1.82) is 0 Å². The summed E-state index contributed by atoms with van der Waals surface area (Å²) in [6.07, 6.45) is 5.44. The van der Waals surface area contributed by atoms with Crippen molar-refractivity contribution < 1.29 is 39.8 Å². The molecule has 8 unspecified atom stereocenters.